The summed E-state index contributed by atoms with van der Waals surface area (Å²) in [6, 6.07) is 3.31. The highest BCUT2D eigenvalue weighted by Crippen LogP contribution is 2.22. The van der Waals surface area contributed by atoms with Crippen molar-refractivity contribution in [1.82, 2.24) is 4.98 Å². The number of rotatable bonds is 5. The summed E-state index contributed by atoms with van der Waals surface area (Å²) in [5.74, 6) is -1.01. The van der Waals surface area contributed by atoms with Gasteiger partial charge in [0.2, 0.25) is 0 Å². The van der Waals surface area contributed by atoms with Crippen LogP contribution < -0.4 is 5.32 Å². The quantitative estimate of drug-likeness (QED) is 0.636. The van der Waals surface area contributed by atoms with Crippen molar-refractivity contribution >= 4 is 58.3 Å². The molecule has 0 saturated carbocycles. The molecule has 0 aliphatic carbocycles. The fraction of sp³-hybridized carbons (Fsp3) is 0.133. The molecule has 0 aliphatic rings. The number of carbonyl (C=O) groups excluding carboxylic acids is 2. The van der Waals surface area contributed by atoms with E-state index >= 15 is 0 Å². The highest BCUT2D eigenvalue weighted by atomic mass is 35.5. The molecule has 2 aromatic heterocycles. The summed E-state index contributed by atoms with van der Waals surface area (Å²) in [5, 5.41) is 6.80. The third-order valence-electron chi connectivity index (χ3n) is 2.67. The van der Waals surface area contributed by atoms with Gasteiger partial charge in [-0.1, -0.05) is 23.2 Å². The Morgan fingerprint density at radius 1 is 1.43 bits per heavy atom. The maximum atomic E-state index is 12.0. The van der Waals surface area contributed by atoms with E-state index in [2.05, 4.69) is 10.3 Å². The number of aromatic nitrogens is 1. The molecule has 0 radical (unpaired) electrons. The molecule has 1 amide bonds. The zero-order chi connectivity index (χ0) is 16.8. The van der Waals surface area contributed by atoms with Crippen LogP contribution in [-0.2, 0) is 14.3 Å². The monoisotopic (exact) mass is 370 g/mol. The molecule has 23 heavy (non-hydrogen) atoms. The fourth-order valence-corrected chi connectivity index (χ4v) is 2.58. The summed E-state index contributed by atoms with van der Waals surface area (Å²) >= 11 is 13.2. The van der Waals surface area contributed by atoms with Gasteiger partial charge < -0.3 is 10.1 Å². The van der Waals surface area contributed by atoms with Gasteiger partial charge in [-0.15, -0.1) is 0 Å². The van der Waals surface area contributed by atoms with E-state index in [0.717, 1.165) is 5.56 Å². The maximum absolute atomic E-state index is 12.0. The molecule has 0 spiro atoms. The first-order chi connectivity index (χ1) is 11.0. The lowest BCUT2D eigenvalue weighted by molar-refractivity contribution is -0.148. The maximum Gasteiger partial charge on any atom is 0.331 e. The van der Waals surface area contributed by atoms with Crippen LogP contribution in [0, 0.1) is 0 Å². The molecule has 1 atom stereocenters. The predicted octanol–water partition coefficient (Wildman–Crippen LogP) is 4.03. The number of anilines is 1. The van der Waals surface area contributed by atoms with Crippen molar-refractivity contribution in [3.05, 3.63) is 50.8 Å². The highest BCUT2D eigenvalue weighted by molar-refractivity contribution is 7.08. The van der Waals surface area contributed by atoms with E-state index in [-0.39, 0.29) is 10.8 Å². The van der Waals surface area contributed by atoms with Crippen LogP contribution in [0.3, 0.4) is 0 Å². The number of halogens is 2. The van der Waals surface area contributed by atoms with Crippen LogP contribution in [0.2, 0.25) is 10.0 Å². The van der Waals surface area contributed by atoms with E-state index in [0.29, 0.717) is 5.02 Å². The molecule has 0 bridgehead atoms. The van der Waals surface area contributed by atoms with Crippen molar-refractivity contribution in [2.24, 2.45) is 0 Å². The first-order valence-corrected chi connectivity index (χ1v) is 8.18. The molecule has 2 heterocycles. The van der Waals surface area contributed by atoms with Gasteiger partial charge in [0.05, 0.1) is 10.0 Å². The predicted molar refractivity (Wildman–Crippen MR) is 91.8 cm³/mol. The van der Waals surface area contributed by atoms with E-state index in [1.165, 1.54) is 36.6 Å². The van der Waals surface area contributed by atoms with Crippen LogP contribution >= 0.6 is 34.5 Å². The average molecular weight is 371 g/mol. The number of nitrogens with zero attached hydrogens (tertiary/aromatic N) is 1. The molecule has 120 valence electrons. The molecule has 5 nitrogen and oxygen atoms in total. The molecule has 0 aliphatic heterocycles. The summed E-state index contributed by atoms with van der Waals surface area (Å²) in [4.78, 5) is 27.5. The van der Waals surface area contributed by atoms with E-state index < -0.39 is 18.0 Å². The Morgan fingerprint density at radius 3 is 2.87 bits per heavy atom. The molecular formula is C15H12Cl2N2O3S. The Balaban J connectivity index is 1.90. The van der Waals surface area contributed by atoms with Crippen molar-refractivity contribution in [1.29, 1.82) is 0 Å². The van der Waals surface area contributed by atoms with Gasteiger partial charge in [0.25, 0.3) is 5.91 Å². The van der Waals surface area contributed by atoms with E-state index in [9.17, 15) is 9.59 Å². The van der Waals surface area contributed by atoms with Gasteiger partial charge in [-0.25, -0.2) is 9.78 Å². The molecule has 0 saturated heterocycles. The van der Waals surface area contributed by atoms with Gasteiger partial charge in [0.15, 0.2) is 11.9 Å². The molecular weight excluding hydrogens is 359 g/mol. The minimum atomic E-state index is -0.997. The second-order valence-corrected chi connectivity index (χ2v) is 6.07. The number of esters is 1. The Morgan fingerprint density at radius 2 is 2.22 bits per heavy atom. The van der Waals surface area contributed by atoms with Crippen molar-refractivity contribution in [3.63, 3.8) is 0 Å². The number of pyridine rings is 1. The standard InChI is InChI=1S/C15H12Cl2N2O3S/c1-9(22-13(20)3-2-10-4-5-23-8-10)15(21)19-14-12(17)6-11(16)7-18-14/h2-9H,1H3,(H,18,19,21)/b3-2+/t9-/m1/s1. The lowest BCUT2D eigenvalue weighted by Gasteiger charge is -2.12. The van der Waals surface area contributed by atoms with Crippen LogP contribution in [-0.4, -0.2) is 23.0 Å². The van der Waals surface area contributed by atoms with Crippen molar-refractivity contribution in [2.45, 2.75) is 13.0 Å². The molecule has 8 heteroatoms. The van der Waals surface area contributed by atoms with Gasteiger partial charge >= 0.3 is 5.97 Å². The fourth-order valence-electron chi connectivity index (χ4n) is 1.53. The number of nitrogens with one attached hydrogen (secondary N) is 1. The summed E-state index contributed by atoms with van der Waals surface area (Å²) in [7, 11) is 0. The van der Waals surface area contributed by atoms with Gasteiger partial charge in [0.1, 0.15) is 0 Å². The summed E-state index contributed by atoms with van der Waals surface area (Å²) in [6.07, 6.45) is 3.23. The minimum absolute atomic E-state index is 0.151. The van der Waals surface area contributed by atoms with Gasteiger partial charge in [-0.05, 0) is 41.5 Å². The number of ether oxygens (including phenoxy) is 1. The third kappa shape index (κ3) is 5.35. The molecule has 0 aromatic carbocycles. The average Bonchev–Trinajstić information content (AvgIpc) is 3.01. The van der Waals surface area contributed by atoms with Crippen LogP contribution in [0.25, 0.3) is 6.08 Å². The Labute approximate surface area is 146 Å². The Kier molecular flexibility index (Phi) is 6.15. The Bertz CT molecular complexity index is 732. The minimum Gasteiger partial charge on any atom is -0.449 e. The third-order valence-corrected chi connectivity index (χ3v) is 3.86. The number of hydrogen-bond acceptors (Lipinski definition) is 5. The summed E-state index contributed by atoms with van der Waals surface area (Å²) in [5.41, 5.74) is 0.890. The molecule has 2 rings (SSSR count). The van der Waals surface area contributed by atoms with Gasteiger partial charge in [-0.2, -0.15) is 11.3 Å². The van der Waals surface area contributed by atoms with E-state index in [1.54, 1.807) is 6.08 Å². The SMILES string of the molecule is C[C@@H](OC(=O)/C=C/c1ccsc1)C(=O)Nc1ncc(Cl)cc1Cl. The molecule has 0 unspecified atom stereocenters. The topological polar surface area (TPSA) is 68.3 Å². The number of thiophene rings is 1. The van der Waals surface area contributed by atoms with E-state index in [1.807, 2.05) is 16.8 Å². The second kappa shape index (κ2) is 8.10. The number of carbonyl (C=O) groups is 2. The zero-order valence-corrected chi connectivity index (χ0v) is 14.3. The summed E-state index contributed by atoms with van der Waals surface area (Å²) < 4.78 is 5.01. The van der Waals surface area contributed by atoms with Gasteiger partial charge in [-0.3, -0.25) is 4.79 Å². The van der Waals surface area contributed by atoms with Crippen molar-refractivity contribution in [2.75, 3.05) is 5.32 Å². The highest BCUT2D eigenvalue weighted by Gasteiger charge is 2.18. The van der Waals surface area contributed by atoms with Gasteiger partial charge in [0, 0.05) is 12.3 Å². The van der Waals surface area contributed by atoms with Crippen molar-refractivity contribution in [3.8, 4) is 0 Å². The largest absolute Gasteiger partial charge is 0.449 e. The smallest absolute Gasteiger partial charge is 0.331 e. The lowest BCUT2D eigenvalue weighted by atomic mass is 10.3. The second-order valence-electron chi connectivity index (χ2n) is 4.44. The van der Waals surface area contributed by atoms with E-state index in [4.69, 9.17) is 27.9 Å². The van der Waals surface area contributed by atoms with Crippen LogP contribution in [0.1, 0.15) is 12.5 Å². The van der Waals surface area contributed by atoms with Crippen molar-refractivity contribution < 1.29 is 14.3 Å². The first-order valence-electron chi connectivity index (χ1n) is 6.48. The lowest BCUT2D eigenvalue weighted by Crippen LogP contribution is -2.29. The van der Waals surface area contributed by atoms with Crippen LogP contribution in [0.15, 0.2) is 35.2 Å². The Hall–Kier alpha value is -1.89. The molecule has 1 N–H and O–H groups in total. The number of hydrogen-bond donors (Lipinski definition) is 1. The van der Waals surface area contributed by atoms with Crippen LogP contribution in [0.5, 0.6) is 0 Å². The zero-order valence-electron chi connectivity index (χ0n) is 12.0. The summed E-state index contributed by atoms with van der Waals surface area (Å²) in [6.45, 7) is 1.45. The molecule has 0 fully saturated rings. The van der Waals surface area contributed by atoms with Crippen LogP contribution in [0.4, 0.5) is 5.82 Å². The number of amides is 1. The normalized spacial score (nSPS) is 12.1. The molecule has 2 aromatic rings. The first kappa shape index (κ1) is 17.5.